The molecule has 2 atom stereocenters. The first-order chi connectivity index (χ1) is 8.25. The predicted molar refractivity (Wildman–Crippen MR) is 75.9 cm³/mol. The van der Waals surface area contributed by atoms with E-state index >= 15 is 0 Å². The van der Waals surface area contributed by atoms with Crippen LogP contribution in [0, 0.1) is 5.92 Å². The van der Waals surface area contributed by atoms with E-state index in [0.717, 1.165) is 19.5 Å². The van der Waals surface area contributed by atoms with Gasteiger partial charge in [0.2, 0.25) is 0 Å². The smallest absolute Gasteiger partial charge is 0.324 e. The van der Waals surface area contributed by atoms with Crippen LogP contribution >= 0.6 is 0 Å². The summed E-state index contributed by atoms with van der Waals surface area (Å²) < 4.78 is 0. The molecule has 0 heterocycles. The van der Waals surface area contributed by atoms with E-state index in [9.17, 15) is 9.90 Å². The Morgan fingerprint density at radius 1 is 1.33 bits per heavy atom. The average Bonchev–Trinajstić information content (AvgIpc) is 2.26. The molecule has 0 saturated heterocycles. The third kappa shape index (κ3) is 5.83. The van der Waals surface area contributed by atoms with Crippen LogP contribution in [0.1, 0.15) is 48.0 Å². The molecule has 0 saturated carbocycles. The van der Waals surface area contributed by atoms with Crippen LogP contribution in [0.15, 0.2) is 0 Å². The van der Waals surface area contributed by atoms with Gasteiger partial charge in [-0.15, -0.1) is 0 Å². The van der Waals surface area contributed by atoms with Crippen LogP contribution in [0.3, 0.4) is 0 Å². The molecule has 2 unspecified atom stereocenters. The number of aliphatic carboxylic acids is 1. The number of likely N-dealkylation sites (N-methyl/N-ethyl adjacent to an activating group) is 1. The first kappa shape index (κ1) is 17.4. The summed E-state index contributed by atoms with van der Waals surface area (Å²) in [7, 11) is 0. The maximum Gasteiger partial charge on any atom is 0.324 e. The van der Waals surface area contributed by atoms with Gasteiger partial charge in [-0.25, -0.2) is 0 Å². The van der Waals surface area contributed by atoms with Gasteiger partial charge in [0.05, 0.1) is 0 Å². The zero-order valence-corrected chi connectivity index (χ0v) is 12.8. The molecule has 0 aliphatic rings. The van der Waals surface area contributed by atoms with Crippen LogP contribution in [-0.2, 0) is 4.79 Å². The maximum absolute atomic E-state index is 11.5. The van der Waals surface area contributed by atoms with E-state index in [1.165, 1.54) is 0 Å². The van der Waals surface area contributed by atoms with Gasteiger partial charge in [0.25, 0.3) is 0 Å². The normalized spacial score (nSPS) is 16.9. The lowest BCUT2D eigenvalue weighted by Crippen LogP contribution is -2.59. The number of carboxylic acids is 1. The van der Waals surface area contributed by atoms with Crippen LogP contribution in [0.25, 0.3) is 0 Å². The van der Waals surface area contributed by atoms with Crippen molar-refractivity contribution in [2.75, 3.05) is 19.6 Å². The van der Waals surface area contributed by atoms with Crippen molar-refractivity contribution in [1.29, 1.82) is 0 Å². The molecule has 0 radical (unpaired) electrons. The first-order valence-corrected chi connectivity index (χ1v) is 6.98. The number of nitrogens with zero attached hydrogens (tertiary/aromatic N) is 1. The van der Waals surface area contributed by atoms with Crippen molar-refractivity contribution in [3.8, 4) is 0 Å². The molecule has 0 aliphatic heterocycles. The molecular weight excluding hydrogens is 228 g/mol. The summed E-state index contributed by atoms with van der Waals surface area (Å²) in [4.78, 5) is 13.7. The van der Waals surface area contributed by atoms with Gasteiger partial charge in [-0.2, -0.15) is 0 Å². The van der Waals surface area contributed by atoms with Gasteiger partial charge in [-0.05, 0) is 33.2 Å². The Kier molecular flexibility index (Phi) is 7.48. The van der Waals surface area contributed by atoms with Gasteiger partial charge in [-0.1, -0.05) is 27.2 Å². The fourth-order valence-electron chi connectivity index (χ4n) is 2.13. The van der Waals surface area contributed by atoms with E-state index < -0.39 is 11.5 Å². The van der Waals surface area contributed by atoms with Crippen molar-refractivity contribution in [3.05, 3.63) is 0 Å². The van der Waals surface area contributed by atoms with Crippen LogP contribution in [-0.4, -0.2) is 47.2 Å². The van der Waals surface area contributed by atoms with Crippen molar-refractivity contribution in [3.63, 3.8) is 0 Å². The Balaban J connectivity index is 4.68. The lowest BCUT2D eigenvalue weighted by molar-refractivity contribution is -0.145. The quantitative estimate of drug-likeness (QED) is 0.665. The van der Waals surface area contributed by atoms with Gasteiger partial charge in [0.15, 0.2) is 0 Å². The van der Waals surface area contributed by atoms with E-state index in [1.54, 1.807) is 6.92 Å². The second kappa shape index (κ2) is 7.74. The van der Waals surface area contributed by atoms with Crippen LogP contribution in [0.5, 0.6) is 0 Å². The third-order valence-corrected chi connectivity index (χ3v) is 3.33. The van der Waals surface area contributed by atoms with Crippen molar-refractivity contribution in [2.45, 2.75) is 59.5 Å². The number of carbonyl (C=O) groups is 1. The van der Waals surface area contributed by atoms with E-state index in [4.69, 9.17) is 0 Å². The number of rotatable bonds is 9. The average molecular weight is 258 g/mol. The third-order valence-electron chi connectivity index (χ3n) is 3.33. The molecule has 0 bridgehead atoms. The van der Waals surface area contributed by atoms with E-state index in [1.807, 2.05) is 13.8 Å². The molecule has 2 N–H and O–H groups in total. The summed E-state index contributed by atoms with van der Waals surface area (Å²) in [6.07, 6.45) is 1.12. The highest BCUT2D eigenvalue weighted by molar-refractivity contribution is 5.78. The molecule has 0 fully saturated rings. The first-order valence-electron chi connectivity index (χ1n) is 6.98. The molecule has 0 aromatic carbocycles. The number of nitrogens with one attached hydrogen (secondary N) is 1. The van der Waals surface area contributed by atoms with Crippen LogP contribution in [0.4, 0.5) is 0 Å². The highest BCUT2D eigenvalue weighted by atomic mass is 16.4. The number of carboxylic acid groups (broad SMARTS) is 1. The lowest BCUT2D eigenvalue weighted by Gasteiger charge is -2.35. The monoisotopic (exact) mass is 258 g/mol. The van der Waals surface area contributed by atoms with Crippen molar-refractivity contribution < 1.29 is 9.90 Å². The Hall–Kier alpha value is -0.610. The SMILES string of the molecule is CCC(C)CN(CC)CC(C)(NC(C)C)C(=O)O. The number of hydrogen-bond donors (Lipinski definition) is 2. The molecule has 0 amide bonds. The van der Waals surface area contributed by atoms with Gasteiger partial charge in [0.1, 0.15) is 5.54 Å². The van der Waals surface area contributed by atoms with Gasteiger partial charge in [0, 0.05) is 19.1 Å². The second-order valence-electron chi connectivity index (χ2n) is 5.78. The Bertz CT molecular complexity index is 256. The molecule has 4 heteroatoms. The van der Waals surface area contributed by atoms with E-state index in [0.29, 0.717) is 12.5 Å². The van der Waals surface area contributed by atoms with Crippen molar-refractivity contribution in [1.82, 2.24) is 10.2 Å². The molecule has 0 aliphatic carbocycles. The number of hydrogen-bond acceptors (Lipinski definition) is 3. The van der Waals surface area contributed by atoms with Crippen LogP contribution < -0.4 is 5.32 Å². The minimum Gasteiger partial charge on any atom is -0.480 e. The van der Waals surface area contributed by atoms with Crippen molar-refractivity contribution in [2.24, 2.45) is 5.92 Å². The van der Waals surface area contributed by atoms with E-state index in [2.05, 4.69) is 31.0 Å². The largest absolute Gasteiger partial charge is 0.480 e. The predicted octanol–water partition coefficient (Wildman–Crippen LogP) is 2.20. The molecule has 108 valence electrons. The summed E-state index contributed by atoms with van der Waals surface area (Å²) in [5.74, 6) is -0.180. The molecule has 18 heavy (non-hydrogen) atoms. The zero-order valence-electron chi connectivity index (χ0n) is 12.8. The Morgan fingerprint density at radius 3 is 2.22 bits per heavy atom. The lowest BCUT2D eigenvalue weighted by atomic mass is 9.99. The maximum atomic E-state index is 11.5. The minimum absolute atomic E-state index is 0.161. The summed E-state index contributed by atoms with van der Waals surface area (Å²) in [6.45, 7) is 14.6. The molecule has 4 nitrogen and oxygen atoms in total. The highest BCUT2D eigenvalue weighted by Crippen LogP contribution is 2.12. The van der Waals surface area contributed by atoms with Gasteiger partial charge < -0.3 is 10.0 Å². The van der Waals surface area contributed by atoms with Gasteiger partial charge in [-0.3, -0.25) is 10.1 Å². The summed E-state index contributed by atoms with van der Waals surface area (Å²) in [5.41, 5.74) is -0.877. The standard InChI is InChI=1S/C14H30N2O2/c1-7-12(5)9-16(8-2)10-14(6,13(17)18)15-11(3)4/h11-12,15H,7-10H2,1-6H3,(H,17,18). The zero-order chi connectivity index (χ0) is 14.3. The second-order valence-corrected chi connectivity index (χ2v) is 5.78. The molecule has 0 rings (SSSR count). The van der Waals surface area contributed by atoms with Crippen LogP contribution in [0.2, 0.25) is 0 Å². The Morgan fingerprint density at radius 2 is 1.89 bits per heavy atom. The molecule has 0 spiro atoms. The molecule has 0 aromatic rings. The highest BCUT2D eigenvalue weighted by Gasteiger charge is 2.35. The van der Waals surface area contributed by atoms with E-state index in [-0.39, 0.29) is 6.04 Å². The summed E-state index contributed by atoms with van der Waals surface area (Å²) >= 11 is 0. The summed E-state index contributed by atoms with van der Waals surface area (Å²) in [6, 6.07) is 0.161. The Labute approximate surface area is 112 Å². The molecular formula is C14H30N2O2. The topological polar surface area (TPSA) is 52.6 Å². The fraction of sp³-hybridized carbons (Fsp3) is 0.929. The summed E-state index contributed by atoms with van der Waals surface area (Å²) in [5, 5.41) is 12.6. The minimum atomic E-state index is -0.877. The molecule has 0 aromatic heterocycles. The van der Waals surface area contributed by atoms with Gasteiger partial charge >= 0.3 is 5.97 Å². The van der Waals surface area contributed by atoms with Crippen molar-refractivity contribution >= 4 is 5.97 Å². The fourth-order valence-corrected chi connectivity index (χ4v) is 2.13.